The molecule has 2 fully saturated rings. The molecule has 0 aliphatic heterocycles. The van der Waals surface area contributed by atoms with Crippen LogP contribution in [0.1, 0.15) is 102 Å². The van der Waals surface area contributed by atoms with Gasteiger partial charge in [-0.2, -0.15) is 0 Å². The van der Waals surface area contributed by atoms with Crippen LogP contribution in [-0.4, -0.2) is 31.9 Å². The van der Waals surface area contributed by atoms with Gasteiger partial charge in [0.2, 0.25) is 0 Å². The van der Waals surface area contributed by atoms with Crippen molar-refractivity contribution >= 4 is 5.97 Å². The zero-order valence-corrected chi connectivity index (χ0v) is 25.5. The Hall–Kier alpha value is -2.53. The molecule has 0 N–H and O–H groups in total. The minimum atomic E-state index is -0.0529. The average Bonchev–Trinajstić information content (AvgIpc) is 3.01. The van der Waals surface area contributed by atoms with E-state index in [1.165, 1.54) is 44.1 Å². The van der Waals surface area contributed by atoms with E-state index in [1.807, 2.05) is 55.5 Å². The molecule has 2 aromatic rings. The first-order valence-corrected chi connectivity index (χ1v) is 16.4. The van der Waals surface area contributed by atoms with Crippen LogP contribution in [-0.2, 0) is 9.53 Å². The number of unbranched alkanes of at least 4 members (excludes halogenated alkanes) is 4. The summed E-state index contributed by atoms with van der Waals surface area (Å²) in [4.78, 5) is 12.6. The minimum absolute atomic E-state index is 0.0471. The molecular formula is C36H52O5. The van der Waals surface area contributed by atoms with Gasteiger partial charge in [-0.1, -0.05) is 50.3 Å². The normalized spacial score (nSPS) is 22.7. The van der Waals surface area contributed by atoms with Gasteiger partial charge < -0.3 is 18.9 Å². The lowest BCUT2D eigenvalue weighted by Gasteiger charge is -2.37. The highest BCUT2D eigenvalue weighted by atomic mass is 16.5. The quantitative estimate of drug-likeness (QED) is 0.116. The van der Waals surface area contributed by atoms with Gasteiger partial charge in [-0.3, -0.25) is 4.79 Å². The highest BCUT2D eigenvalue weighted by molar-refractivity contribution is 5.75. The number of hydrogen-bond donors (Lipinski definition) is 0. The summed E-state index contributed by atoms with van der Waals surface area (Å²) in [6, 6.07) is 15.7. The number of benzene rings is 2. The Kier molecular flexibility index (Phi) is 13.4. The second kappa shape index (κ2) is 17.4. The fraction of sp³-hybridized carbons (Fsp3) is 0.639. The molecule has 0 amide bonds. The summed E-state index contributed by atoms with van der Waals surface area (Å²) in [5.41, 5.74) is 1.17. The highest BCUT2D eigenvalue weighted by Gasteiger charge is 2.33. The van der Waals surface area contributed by atoms with Gasteiger partial charge in [-0.25, -0.2) is 0 Å². The first-order valence-electron chi connectivity index (χ1n) is 16.4. The van der Waals surface area contributed by atoms with Gasteiger partial charge >= 0.3 is 5.97 Å². The summed E-state index contributed by atoms with van der Waals surface area (Å²) in [5, 5.41) is 0. The minimum Gasteiger partial charge on any atom is -0.494 e. The van der Waals surface area contributed by atoms with E-state index in [0.29, 0.717) is 18.5 Å². The Balaban J connectivity index is 1.02. The van der Waals surface area contributed by atoms with Crippen LogP contribution < -0.4 is 14.2 Å². The van der Waals surface area contributed by atoms with Crippen molar-refractivity contribution < 1.29 is 23.7 Å². The van der Waals surface area contributed by atoms with Crippen molar-refractivity contribution in [1.29, 1.82) is 0 Å². The van der Waals surface area contributed by atoms with Crippen LogP contribution >= 0.6 is 0 Å². The highest BCUT2D eigenvalue weighted by Crippen LogP contribution is 2.41. The lowest BCUT2D eigenvalue weighted by Crippen LogP contribution is -2.31. The van der Waals surface area contributed by atoms with Gasteiger partial charge in [-0.15, -0.1) is 0 Å². The molecule has 2 saturated carbocycles. The van der Waals surface area contributed by atoms with Crippen molar-refractivity contribution in [3.63, 3.8) is 0 Å². The molecule has 2 aliphatic carbocycles. The molecule has 0 spiro atoms. The standard InChI is InChI=1S/C36H52O5/c1-3-4-5-6-7-25-38-33-21-23-34(24-22-33)40-27-8-26-39-32-19-15-30(16-20-32)29-11-13-31(14-12-29)36(37)41-35-17-9-28(2)10-18-35/h9-10,17-18,21-24,29-32H,3-8,11-16,19-20,25-27H2,1-2H3. The molecule has 41 heavy (non-hydrogen) atoms. The third kappa shape index (κ3) is 11.0. The van der Waals surface area contributed by atoms with Crippen LogP contribution in [0, 0.1) is 24.7 Å². The van der Waals surface area contributed by atoms with Gasteiger partial charge in [0, 0.05) is 6.42 Å². The van der Waals surface area contributed by atoms with Crippen LogP contribution in [0.4, 0.5) is 0 Å². The van der Waals surface area contributed by atoms with Crippen molar-refractivity contribution in [2.75, 3.05) is 19.8 Å². The first-order chi connectivity index (χ1) is 20.1. The third-order valence-electron chi connectivity index (χ3n) is 8.98. The maximum Gasteiger partial charge on any atom is 0.314 e. The second-order valence-electron chi connectivity index (χ2n) is 12.2. The van der Waals surface area contributed by atoms with E-state index in [0.717, 1.165) is 87.9 Å². The molecule has 0 aromatic heterocycles. The Morgan fingerprint density at radius 2 is 1.17 bits per heavy atom. The monoisotopic (exact) mass is 564 g/mol. The van der Waals surface area contributed by atoms with Crippen molar-refractivity contribution in [2.45, 2.75) is 110 Å². The topological polar surface area (TPSA) is 54.0 Å². The summed E-state index contributed by atoms with van der Waals surface area (Å²) in [6.07, 6.45) is 16.5. The van der Waals surface area contributed by atoms with Crippen molar-refractivity contribution in [1.82, 2.24) is 0 Å². The van der Waals surface area contributed by atoms with Gasteiger partial charge in [-0.05, 0) is 113 Å². The zero-order chi connectivity index (χ0) is 28.7. The van der Waals surface area contributed by atoms with Crippen molar-refractivity contribution in [3.05, 3.63) is 54.1 Å². The fourth-order valence-electron chi connectivity index (χ4n) is 6.39. The van der Waals surface area contributed by atoms with E-state index in [1.54, 1.807) is 0 Å². The number of aryl methyl sites for hydroxylation is 1. The fourth-order valence-corrected chi connectivity index (χ4v) is 6.39. The maximum absolute atomic E-state index is 12.6. The number of esters is 1. The van der Waals surface area contributed by atoms with Crippen LogP contribution in [0.3, 0.4) is 0 Å². The van der Waals surface area contributed by atoms with Crippen LogP contribution in [0.15, 0.2) is 48.5 Å². The number of rotatable bonds is 16. The second-order valence-corrected chi connectivity index (χ2v) is 12.2. The molecule has 0 atom stereocenters. The summed E-state index contributed by atoms with van der Waals surface area (Å²) in [6.45, 7) is 6.49. The molecule has 2 aromatic carbocycles. The SMILES string of the molecule is CCCCCCCOc1ccc(OCCCOC2CCC(C3CCC(C(=O)Oc4ccc(C)cc4)CC3)CC2)cc1. The zero-order valence-electron chi connectivity index (χ0n) is 25.5. The molecular weight excluding hydrogens is 512 g/mol. The lowest BCUT2D eigenvalue weighted by molar-refractivity contribution is -0.140. The molecule has 4 rings (SSSR count). The van der Waals surface area contributed by atoms with E-state index in [2.05, 4.69) is 6.92 Å². The largest absolute Gasteiger partial charge is 0.494 e. The lowest BCUT2D eigenvalue weighted by atomic mass is 9.70. The van der Waals surface area contributed by atoms with Gasteiger partial charge in [0.05, 0.1) is 31.8 Å². The molecule has 5 heteroatoms. The summed E-state index contributed by atoms with van der Waals surface area (Å²) in [7, 11) is 0. The first kappa shape index (κ1) is 31.4. The van der Waals surface area contributed by atoms with Gasteiger partial charge in [0.1, 0.15) is 17.2 Å². The summed E-state index contributed by atoms with van der Waals surface area (Å²) in [5.74, 6) is 3.99. The van der Waals surface area contributed by atoms with E-state index in [4.69, 9.17) is 18.9 Å². The number of carbonyl (C=O) groups excluding carboxylic acids is 1. The number of ether oxygens (including phenoxy) is 4. The van der Waals surface area contributed by atoms with Crippen LogP contribution in [0.2, 0.25) is 0 Å². The Morgan fingerprint density at radius 1 is 0.634 bits per heavy atom. The third-order valence-corrected chi connectivity index (χ3v) is 8.98. The van der Waals surface area contributed by atoms with E-state index in [9.17, 15) is 4.79 Å². The van der Waals surface area contributed by atoms with Gasteiger partial charge in [0.15, 0.2) is 0 Å². The molecule has 2 aliphatic rings. The predicted molar refractivity (Wildman–Crippen MR) is 165 cm³/mol. The average molecular weight is 565 g/mol. The van der Waals surface area contributed by atoms with E-state index < -0.39 is 0 Å². The van der Waals surface area contributed by atoms with Crippen molar-refractivity contribution in [3.8, 4) is 17.2 Å². The van der Waals surface area contributed by atoms with Crippen molar-refractivity contribution in [2.24, 2.45) is 17.8 Å². The maximum atomic E-state index is 12.6. The number of carbonyl (C=O) groups is 1. The molecule has 226 valence electrons. The molecule has 0 heterocycles. The molecule has 0 saturated heterocycles. The Bertz CT molecular complexity index is 986. The van der Waals surface area contributed by atoms with Crippen LogP contribution in [0.25, 0.3) is 0 Å². The molecule has 0 unspecified atom stereocenters. The molecule has 0 bridgehead atoms. The molecule has 0 radical (unpaired) electrons. The Morgan fingerprint density at radius 3 is 1.78 bits per heavy atom. The summed E-state index contributed by atoms with van der Waals surface area (Å²) < 4.78 is 23.6. The smallest absolute Gasteiger partial charge is 0.314 e. The predicted octanol–water partition coefficient (Wildman–Crippen LogP) is 9.10. The Labute approximate surface area is 248 Å². The number of hydrogen-bond acceptors (Lipinski definition) is 5. The van der Waals surface area contributed by atoms with Gasteiger partial charge in [0.25, 0.3) is 0 Å². The summed E-state index contributed by atoms with van der Waals surface area (Å²) >= 11 is 0. The van der Waals surface area contributed by atoms with E-state index >= 15 is 0 Å². The molecule has 5 nitrogen and oxygen atoms in total. The van der Waals surface area contributed by atoms with Crippen LogP contribution in [0.5, 0.6) is 17.2 Å². The van der Waals surface area contributed by atoms with E-state index in [-0.39, 0.29) is 11.9 Å².